The van der Waals surface area contributed by atoms with Crippen LogP contribution in [-0.2, 0) is 22.5 Å². The number of anilines is 1. The van der Waals surface area contributed by atoms with E-state index in [9.17, 15) is 9.18 Å². The Morgan fingerprint density at radius 3 is 2.62 bits per heavy atom. The van der Waals surface area contributed by atoms with Crippen molar-refractivity contribution in [3.05, 3.63) is 65.5 Å². The van der Waals surface area contributed by atoms with E-state index in [0.717, 1.165) is 59.5 Å². The highest BCUT2D eigenvalue weighted by atomic mass is 19.1. The minimum atomic E-state index is -0.247. The van der Waals surface area contributed by atoms with Crippen LogP contribution in [0.1, 0.15) is 24.0 Å². The normalized spacial score (nSPS) is 16.0. The number of nitrogens with zero attached hydrogens (tertiary/aromatic N) is 3. The molecule has 7 heteroatoms. The largest absolute Gasteiger partial charge is 0.497 e. The monoisotopic (exact) mass is 463 g/mol. The summed E-state index contributed by atoms with van der Waals surface area (Å²) < 4.78 is 24.3. The first-order valence-corrected chi connectivity index (χ1v) is 11.9. The summed E-state index contributed by atoms with van der Waals surface area (Å²) >= 11 is 0. The summed E-state index contributed by atoms with van der Waals surface area (Å²) in [6, 6.07) is 14.6. The average Bonchev–Trinajstić information content (AvgIpc) is 3.72. The van der Waals surface area contributed by atoms with Crippen molar-refractivity contribution in [2.45, 2.75) is 25.8 Å². The summed E-state index contributed by atoms with van der Waals surface area (Å²) in [6.07, 6.45) is 2.60. The Hall–Kier alpha value is -3.19. The van der Waals surface area contributed by atoms with Gasteiger partial charge >= 0.3 is 0 Å². The van der Waals surface area contributed by atoms with Gasteiger partial charge in [-0.3, -0.25) is 4.79 Å². The van der Waals surface area contributed by atoms with Crippen LogP contribution >= 0.6 is 0 Å². The van der Waals surface area contributed by atoms with Gasteiger partial charge in [-0.2, -0.15) is 0 Å². The SMILES string of the molecule is COc1ccc2cc(CN(CCc3ccc(F)cc3)C(=O)C3CC3)c(N3CCOCC3)nc2c1. The minimum absolute atomic E-state index is 0.123. The molecule has 1 aliphatic heterocycles. The van der Waals surface area contributed by atoms with Crippen molar-refractivity contribution >= 4 is 22.6 Å². The van der Waals surface area contributed by atoms with Crippen LogP contribution in [0, 0.1) is 11.7 Å². The second-order valence-corrected chi connectivity index (χ2v) is 9.04. The molecule has 2 aromatic carbocycles. The summed E-state index contributed by atoms with van der Waals surface area (Å²) in [5, 5.41) is 1.02. The zero-order chi connectivity index (χ0) is 23.5. The number of amides is 1. The first kappa shape index (κ1) is 22.6. The lowest BCUT2D eigenvalue weighted by molar-refractivity contribution is -0.133. The summed E-state index contributed by atoms with van der Waals surface area (Å²) in [5.74, 6) is 1.75. The molecule has 1 aromatic heterocycles. The van der Waals surface area contributed by atoms with E-state index in [0.29, 0.717) is 32.7 Å². The Morgan fingerprint density at radius 2 is 1.91 bits per heavy atom. The number of aromatic nitrogens is 1. The first-order chi connectivity index (χ1) is 16.6. The van der Waals surface area contributed by atoms with Gasteiger partial charge in [0.25, 0.3) is 0 Å². The smallest absolute Gasteiger partial charge is 0.225 e. The Balaban J connectivity index is 1.46. The first-order valence-electron chi connectivity index (χ1n) is 11.9. The molecule has 0 unspecified atom stereocenters. The van der Waals surface area contributed by atoms with E-state index in [1.54, 1.807) is 19.2 Å². The maximum atomic E-state index is 13.3. The van der Waals surface area contributed by atoms with E-state index in [4.69, 9.17) is 14.5 Å². The molecule has 2 aliphatic rings. The topological polar surface area (TPSA) is 54.9 Å². The molecule has 1 aliphatic carbocycles. The van der Waals surface area contributed by atoms with Crippen LogP contribution in [0.4, 0.5) is 10.2 Å². The molecule has 1 saturated carbocycles. The number of hydrogen-bond donors (Lipinski definition) is 0. The van der Waals surface area contributed by atoms with Crippen LogP contribution in [0.3, 0.4) is 0 Å². The van der Waals surface area contributed by atoms with Crippen LogP contribution in [-0.4, -0.2) is 55.7 Å². The standard InChI is InChI=1S/C27H30FN3O3/c1-33-24-9-6-21-16-22(26(29-25(21)17-24)30-12-14-34-15-13-30)18-31(27(32)20-4-5-20)11-10-19-2-7-23(28)8-3-19/h2-3,6-9,16-17,20H,4-5,10-15,18H2,1H3. The number of methoxy groups -OCH3 is 1. The molecule has 0 atom stereocenters. The van der Waals surface area contributed by atoms with Crippen LogP contribution < -0.4 is 9.64 Å². The molecular weight excluding hydrogens is 433 g/mol. The van der Waals surface area contributed by atoms with Gasteiger partial charge in [0.1, 0.15) is 17.4 Å². The zero-order valence-electron chi connectivity index (χ0n) is 19.5. The number of carbonyl (C=O) groups excluding carboxylic acids is 1. The lowest BCUT2D eigenvalue weighted by Crippen LogP contribution is -2.39. The van der Waals surface area contributed by atoms with E-state index >= 15 is 0 Å². The summed E-state index contributed by atoms with van der Waals surface area (Å²) in [6.45, 7) is 3.94. The highest BCUT2D eigenvalue weighted by Crippen LogP contribution is 2.33. The molecule has 0 N–H and O–H groups in total. The lowest BCUT2D eigenvalue weighted by atomic mass is 10.1. The maximum Gasteiger partial charge on any atom is 0.225 e. The molecule has 2 fully saturated rings. The molecular formula is C27H30FN3O3. The number of benzene rings is 2. The van der Waals surface area contributed by atoms with Gasteiger partial charge in [0.05, 0.1) is 25.8 Å². The van der Waals surface area contributed by atoms with E-state index in [-0.39, 0.29) is 17.6 Å². The molecule has 6 nitrogen and oxygen atoms in total. The molecule has 0 spiro atoms. The van der Waals surface area contributed by atoms with Crippen molar-refractivity contribution in [2.24, 2.45) is 5.92 Å². The van der Waals surface area contributed by atoms with Crippen LogP contribution in [0.25, 0.3) is 10.9 Å². The highest BCUT2D eigenvalue weighted by molar-refractivity contribution is 5.84. The number of morpholine rings is 1. The summed E-state index contributed by atoms with van der Waals surface area (Å²) in [5.41, 5.74) is 2.93. The molecule has 34 heavy (non-hydrogen) atoms. The Kier molecular flexibility index (Phi) is 6.63. The molecule has 178 valence electrons. The highest BCUT2D eigenvalue weighted by Gasteiger charge is 2.34. The second-order valence-electron chi connectivity index (χ2n) is 9.04. The van der Waals surface area contributed by atoms with E-state index in [1.165, 1.54) is 12.1 Å². The average molecular weight is 464 g/mol. The fraction of sp³-hybridized carbons (Fsp3) is 0.407. The predicted molar refractivity (Wildman–Crippen MR) is 130 cm³/mol. The predicted octanol–water partition coefficient (Wildman–Crippen LogP) is 4.20. The van der Waals surface area contributed by atoms with Crippen molar-refractivity contribution in [1.82, 2.24) is 9.88 Å². The third-order valence-corrected chi connectivity index (χ3v) is 6.57. The Bertz CT molecular complexity index is 1160. The van der Waals surface area contributed by atoms with Crippen molar-refractivity contribution in [1.29, 1.82) is 0 Å². The van der Waals surface area contributed by atoms with Crippen molar-refractivity contribution < 1.29 is 18.7 Å². The van der Waals surface area contributed by atoms with E-state index in [1.807, 2.05) is 23.1 Å². The van der Waals surface area contributed by atoms with Crippen LogP contribution in [0.15, 0.2) is 48.5 Å². The van der Waals surface area contributed by atoms with Gasteiger partial charge in [-0.15, -0.1) is 0 Å². The molecule has 0 radical (unpaired) electrons. The van der Waals surface area contributed by atoms with E-state index < -0.39 is 0 Å². The van der Waals surface area contributed by atoms with Gasteiger partial charge in [-0.05, 0) is 55.2 Å². The summed E-state index contributed by atoms with van der Waals surface area (Å²) in [7, 11) is 1.65. The number of carbonyl (C=O) groups is 1. The molecule has 1 amide bonds. The summed E-state index contributed by atoms with van der Waals surface area (Å²) in [4.78, 5) is 22.4. The fourth-order valence-corrected chi connectivity index (χ4v) is 4.45. The van der Waals surface area contributed by atoms with Gasteiger partial charge in [0, 0.05) is 49.1 Å². The van der Waals surface area contributed by atoms with Gasteiger partial charge in [-0.25, -0.2) is 9.37 Å². The number of pyridine rings is 1. The minimum Gasteiger partial charge on any atom is -0.497 e. The van der Waals surface area contributed by atoms with E-state index in [2.05, 4.69) is 11.0 Å². The molecule has 1 saturated heterocycles. The molecule has 5 rings (SSSR count). The number of ether oxygens (including phenoxy) is 2. The van der Waals surface area contributed by atoms with Gasteiger partial charge < -0.3 is 19.3 Å². The quantitative estimate of drug-likeness (QED) is 0.501. The third kappa shape index (κ3) is 5.14. The van der Waals surface area contributed by atoms with Crippen molar-refractivity contribution in [3.63, 3.8) is 0 Å². The van der Waals surface area contributed by atoms with Crippen LogP contribution in [0.5, 0.6) is 5.75 Å². The van der Waals surface area contributed by atoms with Gasteiger partial charge in [0.2, 0.25) is 5.91 Å². The second kappa shape index (κ2) is 9.97. The number of fused-ring (bicyclic) bond motifs is 1. The maximum absolute atomic E-state index is 13.3. The zero-order valence-corrected chi connectivity index (χ0v) is 19.5. The van der Waals surface area contributed by atoms with Gasteiger partial charge in [-0.1, -0.05) is 12.1 Å². The number of rotatable bonds is 8. The Labute approximate surface area is 199 Å². The fourth-order valence-electron chi connectivity index (χ4n) is 4.45. The van der Waals surface area contributed by atoms with Crippen molar-refractivity contribution in [3.8, 4) is 5.75 Å². The number of halogens is 1. The molecule has 0 bridgehead atoms. The number of hydrogen-bond acceptors (Lipinski definition) is 5. The van der Waals surface area contributed by atoms with Crippen LogP contribution in [0.2, 0.25) is 0 Å². The Morgan fingerprint density at radius 1 is 1.15 bits per heavy atom. The molecule has 3 aromatic rings. The molecule has 2 heterocycles. The van der Waals surface area contributed by atoms with Crippen molar-refractivity contribution in [2.75, 3.05) is 44.9 Å². The van der Waals surface area contributed by atoms with Gasteiger partial charge in [0.15, 0.2) is 0 Å². The third-order valence-electron chi connectivity index (χ3n) is 6.57. The lowest BCUT2D eigenvalue weighted by Gasteiger charge is -2.31.